The molecule has 0 spiro atoms. The SMILES string of the molecule is CC(C)c1cc(C(C)C)c(S(=O)(=O)N/N=C2\CCCc3c(O)cccc32)c(C(C)C)c1. The van der Waals surface area contributed by atoms with Gasteiger partial charge in [0.15, 0.2) is 0 Å². The zero-order valence-corrected chi connectivity index (χ0v) is 20.2. The number of hydrogen-bond acceptors (Lipinski definition) is 4. The third-order valence-electron chi connectivity index (χ3n) is 5.95. The molecule has 0 unspecified atom stereocenters. The van der Waals surface area contributed by atoms with Gasteiger partial charge in [-0.25, -0.2) is 0 Å². The Balaban J connectivity index is 2.09. The Bertz CT molecular complexity index is 1070. The summed E-state index contributed by atoms with van der Waals surface area (Å²) in [7, 11) is -3.87. The van der Waals surface area contributed by atoms with Gasteiger partial charge in [-0.15, -0.1) is 0 Å². The normalized spacial score (nSPS) is 15.7. The van der Waals surface area contributed by atoms with E-state index in [1.165, 1.54) is 0 Å². The maximum absolute atomic E-state index is 13.5. The van der Waals surface area contributed by atoms with Crippen LogP contribution in [-0.4, -0.2) is 19.2 Å². The van der Waals surface area contributed by atoms with Crippen LogP contribution in [0, 0.1) is 0 Å². The van der Waals surface area contributed by atoms with Gasteiger partial charge in [0, 0.05) is 11.1 Å². The summed E-state index contributed by atoms with van der Waals surface area (Å²) in [6, 6.07) is 9.36. The monoisotopic (exact) mass is 442 g/mol. The van der Waals surface area contributed by atoms with E-state index in [0.717, 1.165) is 40.7 Å². The van der Waals surface area contributed by atoms with Gasteiger partial charge >= 0.3 is 0 Å². The lowest BCUT2D eigenvalue weighted by Gasteiger charge is -2.23. The molecule has 1 aliphatic rings. The number of sulfonamides is 1. The van der Waals surface area contributed by atoms with Gasteiger partial charge in [-0.2, -0.15) is 18.4 Å². The highest BCUT2D eigenvalue weighted by molar-refractivity contribution is 7.89. The minimum absolute atomic E-state index is 0.0581. The fourth-order valence-corrected chi connectivity index (χ4v) is 5.68. The Morgan fingerprint density at radius 1 is 0.935 bits per heavy atom. The van der Waals surface area contributed by atoms with E-state index in [1.807, 2.05) is 45.9 Å². The first-order chi connectivity index (χ1) is 14.5. The molecule has 0 heterocycles. The molecule has 0 atom stereocenters. The number of fused-ring (bicyclic) bond motifs is 1. The predicted octanol–water partition coefficient (Wildman–Crippen LogP) is 5.78. The van der Waals surface area contributed by atoms with Crippen LogP contribution in [0.4, 0.5) is 0 Å². The molecule has 0 fully saturated rings. The van der Waals surface area contributed by atoms with Gasteiger partial charge in [0.25, 0.3) is 10.0 Å². The second kappa shape index (κ2) is 9.03. The van der Waals surface area contributed by atoms with Crippen LogP contribution in [0.3, 0.4) is 0 Å². The Kier molecular flexibility index (Phi) is 6.79. The highest BCUT2D eigenvalue weighted by atomic mass is 32.2. The third-order valence-corrected chi connectivity index (χ3v) is 7.29. The highest BCUT2D eigenvalue weighted by Crippen LogP contribution is 2.35. The van der Waals surface area contributed by atoms with Crippen LogP contribution in [0.2, 0.25) is 0 Å². The zero-order valence-electron chi connectivity index (χ0n) is 19.4. The predicted molar refractivity (Wildman–Crippen MR) is 127 cm³/mol. The van der Waals surface area contributed by atoms with Gasteiger partial charge in [-0.3, -0.25) is 0 Å². The van der Waals surface area contributed by atoms with Crippen molar-refractivity contribution in [2.75, 3.05) is 0 Å². The lowest BCUT2D eigenvalue weighted by atomic mass is 9.89. The molecule has 0 amide bonds. The van der Waals surface area contributed by atoms with Crippen molar-refractivity contribution in [2.24, 2.45) is 5.10 Å². The van der Waals surface area contributed by atoms with Crippen molar-refractivity contribution in [1.29, 1.82) is 0 Å². The number of phenols is 1. The molecule has 3 rings (SSSR count). The van der Waals surface area contributed by atoms with Crippen LogP contribution in [0.25, 0.3) is 0 Å². The quantitative estimate of drug-likeness (QED) is 0.557. The van der Waals surface area contributed by atoms with E-state index in [-0.39, 0.29) is 17.6 Å². The van der Waals surface area contributed by atoms with Crippen LogP contribution < -0.4 is 4.83 Å². The van der Waals surface area contributed by atoms with Crippen LogP contribution in [0.15, 0.2) is 40.3 Å². The van der Waals surface area contributed by atoms with Crippen molar-refractivity contribution in [3.05, 3.63) is 58.1 Å². The summed E-state index contributed by atoms with van der Waals surface area (Å²) in [4.78, 5) is 2.87. The van der Waals surface area contributed by atoms with E-state index in [4.69, 9.17) is 0 Å². The van der Waals surface area contributed by atoms with Crippen LogP contribution >= 0.6 is 0 Å². The van der Waals surface area contributed by atoms with Crippen LogP contribution in [-0.2, 0) is 16.4 Å². The van der Waals surface area contributed by atoms with E-state index < -0.39 is 10.0 Å². The average molecular weight is 443 g/mol. The molecule has 0 aromatic heterocycles. The molecule has 0 bridgehead atoms. The summed E-state index contributed by atoms with van der Waals surface area (Å²) >= 11 is 0. The second-order valence-corrected chi connectivity index (χ2v) is 10.9. The summed E-state index contributed by atoms with van der Waals surface area (Å²) in [6.07, 6.45) is 2.25. The molecule has 1 aliphatic carbocycles. The van der Waals surface area contributed by atoms with E-state index in [9.17, 15) is 13.5 Å². The highest BCUT2D eigenvalue weighted by Gasteiger charge is 2.27. The molecule has 2 aromatic carbocycles. The van der Waals surface area contributed by atoms with Crippen molar-refractivity contribution in [3.63, 3.8) is 0 Å². The first-order valence-electron chi connectivity index (χ1n) is 11.1. The number of phenolic OH excluding ortho intramolecular Hbond substituents is 1. The third kappa shape index (κ3) is 4.79. The number of aromatic hydroxyl groups is 1. The molecule has 2 aromatic rings. The number of hydrazone groups is 1. The minimum atomic E-state index is -3.87. The summed E-state index contributed by atoms with van der Waals surface area (Å²) in [5.74, 6) is 0.665. The molecular formula is C25H34N2O3S. The largest absolute Gasteiger partial charge is 0.508 e. The van der Waals surface area contributed by atoms with Gasteiger partial charge in [-0.05, 0) is 59.8 Å². The maximum atomic E-state index is 13.5. The Labute approximate surface area is 186 Å². The Morgan fingerprint density at radius 3 is 2.10 bits per heavy atom. The van der Waals surface area contributed by atoms with E-state index >= 15 is 0 Å². The average Bonchev–Trinajstić information content (AvgIpc) is 2.71. The van der Waals surface area contributed by atoms with Gasteiger partial charge in [0.2, 0.25) is 0 Å². The standard InChI is InChI=1S/C25H34N2O3S/c1-15(2)18-13-21(16(3)4)25(22(14-18)17(5)6)31(29,30)27-26-23-11-7-10-20-19(23)9-8-12-24(20)28/h8-9,12-17,27-28H,7,10-11H2,1-6H3/b26-23+. The number of nitrogens with zero attached hydrogens (tertiary/aromatic N) is 1. The van der Waals surface area contributed by atoms with Crippen molar-refractivity contribution in [3.8, 4) is 5.75 Å². The minimum Gasteiger partial charge on any atom is -0.508 e. The van der Waals surface area contributed by atoms with Crippen molar-refractivity contribution in [2.45, 2.75) is 83.5 Å². The van der Waals surface area contributed by atoms with Crippen LogP contribution in [0.1, 0.15) is 100.0 Å². The molecule has 168 valence electrons. The fraction of sp³-hybridized carbons (Fsp3) is 0.480. The van der Waals surface area contributed by atoms with E-state index in [0.29, 0.717) is 22.9 Å². The van der Waals surface area contributed by atoms with E-state index in [2.05, 4.69) is 23.8 Å². The Hall–Kier alpha value is -2.34. The Morgan fingerprint density at radius 2 is 1.55 bits per heavy atom. The number of rotatable bonds is 6. The summed E-state index contributed by atoms with van der Waals surface area (Å²) in [5.41, 5.74) is 5.11. The van der Waals surface area contributed by atoms with Gasteiger partial charge in [0.05, 0.1) is 10.6 Å². The van der Waals surface area contributed by atoms with Gasteiger partial charge in [0.1, 0.15) is 5.75 Å². The van der Waals surface area contributed by atoms with E-state index in [1.54, 1.807) is 12.1 Å². The molecule has 0 saturated heterocycles. The van der Waals surface area contributed by atoms with Crippen molar-refractivity contribution < 1.29 is 13.5 Å². The molecular weight excluding hydrogens is 408 g/mol. The fourth-order valence-electron chi connectivity index (χ4n) is 4.15. The molecule has 5 nitrogen and oxygen atoms in total. The lowest BCUT2D eigenvalue weighted by molar-refractivity contribution is 0.466. The number of benzene rings is 2. The molecule has 0 radical (unpaired) electrons. The van der Waals surface area contributed by atoms with Crippen molar-refractivity contribution >= 4 is 15.7 Å². The lowest BCUT2D eigenvalue weighted by Crippen LogP contribution is -2.25. The summed E-state index contributed by atoms with van der Waals surface area (Å²) in [6.45, 7) is 12.3. The molecule has 2 N–H and O–H groups in total. The van der Waals surface area contributed by atoms with Gasteiger partial charge < -0.3 is 5.11 Å². The zero-order chi connectivity index (χ0) is 22.9. The number of nitrogens with one attached hydrogen (secondary N) is 1. The molecule has 31 heavy (non-hydrogen) atoms. The summed E-state index contributed by atoms with van der Waals surface area (Å²) < 4.78 is 27.0. The van der Waals surface area contributed by atoms with Crippen LogP contribution in [0.5, 0.6) is 5.75 Å². The first kappa shape index (κ1) is 23.3. The van der Waals surface area contributed by atoms with Crippen molar-refractivity contribution in [1.82, 2.24) is 4.83 Å². The molecule has 0 aliphatic heterocycles. The molecule has 0 saturated carbocycles. The molecule has 6 heteroatoms. The smallest absolute Gasteiger partial charge is 0.277 e. The first-order valence-corrected chi connectivity index (χ1v) is 12.6. The maximum Gasteiger partial charge on any atom is 0.277 e. The number of hydrogen-bond donors (Lipinski definition) is 2. The topological polar surface area (TPSA) is 78.8 Å². The second-order valence-electron chi connectivity index (χ2n) is 9.30. The summed E-state index contributed by atoms with van der Waals surface area (Å²) in [5, 5.41) is 14.5. The van der Waals surface area contributed by atoms with Gasteiger partial charge in [-0.1, -0.05) is 65.8 Å².